The van der Waals surface area contributed by atoms with Crippen molar-refractivity contribution >= 4 is 27.7 Å². The molecule has 8 heteroatoms. The molecule has 1 rings (SSSR count). The molecule has 0 fully saturated rings. The molecule has 0 aliphatic carbocycles. The lowest BCUT2D eigenvalue weighted by atomic mass is 10.4. The number of halogens is 1. The van der Waals surface area contributed by atoms with Crippen LogP contribution in [0.4, 0.5) is 5.82 Å². The number of aromatic nitrogens is 2. The molecule has 0 bridgehead atoms. The predicted octanol–water partition coefficient (Wildman–Crippen LogP) is 0.867. The van der Waals surface area contributed by atoms with Gasteiger partial charge in [0.1, 0.15) is 0 Å². The smallest absolute Gasteiger partial charge is 0.365 e. The Hall–Kier alpha value is -1.44. The minimum Gasteiger partial charge on any atom is -0.464 e. The molecule has 1 N–H and O–H groups in total. The summed E-state index contributed by atoms with van der Waals surface area (Å²) in [5.74, 6) is -1.34. The number of ether oxygens (including phenoxy) is 1. The van der Waals surface area contributed by atoms with Gasteiger partial charge in [0, 0.05) is 15.9 Å². The van der Waals surface area contributed by atoms with E-state index in [4.69, 9.17) is 0 Å². The fraction of sp³-hybridized carbons (Fsp3) is 0.200. The number of aromatic amines is 1. The Labute approximate surface area is 80.4 Å². The van der Waals surface area contributed by atoms with Crippen molar-refractivity contribution in [2.75, 3.05) is 7.11 Å². The van der Waals surface area contributed by atoms with Crippen LogP contribution in [0.3, 0.4) is 0 Å². The summed E-state index contributed by atoms with van der Waals surface area (Å²) in [6.45, 7) is 0. The largest absolute Gasteiger partial charge is 0.464 e. The first-order valence-electron chi connectivity index (χ1n) is 3.04. The van der Waals surface area contributed by atoms with Gasteiger partial charge in [0.15, 0.2) is 0 Å². The maximum Gasteiger partial charge on any atom is 0.365 e. The van der Waals surface area contributed by atoms with Crippen molar-refractivity contribution < 1.29 is 14.5 Å². The van der Waals surface area contributed by atoms with Crippen LogP contribution in [-0.2, 0) is 4.74 Å². The third-order valence-electron chi connectivity index (χ3n) is 1.22. The van der Waals surface area contributed by atoms with Crippen LogP contribution >= 0.6 is 15.9 Å². The van der Waals surface area contributed by atoms with E-state index in [9.17, 15) is 14.9 Å². The van der Waals surface area contributed by atoms with E-state index in [2.05, 4.69) is 30.6 Å². The minimum absolute atomic E-state index is 0.111. The molecule has 0 aliphatic heterocycles. The number of imidazole rings is 1. The Balaban J connectivity index is 3.19. The average molecular weight is 250 g/mol. The number of H-pyrrole nitrogens is 1. The molecule has 1 heterocycles. The Morgan fingerprint density at radius 1 is 1.77 bits per heavy atom. The number of hydrogen-bond donors (Lipinski definition) is 1. The number of hydrogen-bond acceptors (Lipinski definition) is 5. The zero-order valence-electron chi connectivity index (χ0n) is 6.41. The average Bonchev–Trinajstić information content (AvgIpc) is 2.46. The van der Waals surface area contributed by atoms with Crippen molar-refractivity contribution in [1.29, 1.82) is 0 Å². The lowest BCUT2D eigenvalue weighted by Crippen LogP contribution is -2.05. The molecule has 70 valence electrons. The second kappa shape index (κ2) is 3.52. The van der Waals surface area contributed by atoms with Crippen molar-refractivity contribution in [2.45, 2.75) is 0 Å². The normalized spacial score (nSPS) is 9.69. The van der Waals surface area contributed by atoms with Gasteiger partial charge in [-0.05, 0) is 4.92 Å². The van der Waals surface area contributed by atoms with Crippen LogP contribution in [-0.4, -0.2) is 28.0 Å². The van der Waals surface area contributed by atoms with E-state index in [0.717, 1.165) is 7.11 Å². The van der Waals surface area contributed by atoms with E-state index in [-0.39, 0.29) is 10.4 Å². The fourth-order valence-corrected chi connectivity index (χ4v) is 1.07. The highest BCUT2D eigenvalue weighted by molar-refractivity contribution is 9.10. The Morgan fingerprint density at radius 3 is 2.85 bits per heavy atom. The number of rotatable bonds is 2. The fourth-order valence-electron chi connectivity index (χ4n) is 0.707. The van der Waals surface area contributed by atoms with E-state index in [1.165, 1.54) is 0 Å². The van der Waals surface area contributed by atoms with Crippen LogP contribution in [0.15, 0.2) is 4.73 Å². The molecule has 1 aromatic rings. The summed E-state index contributed by atoms with van der Waals surface area (Å²) in [5, 5.41) is 10.4. The van der Waals surface area contributed by atoms with Crippen LogP contribution in [0.25, 0.3) is 0 Å². The first-order valence-corrected chi connectivity index (χ1v) is 3.83. The molecule has 13 heavy (non-hydrogen) atoms. The van der Waals surface area contributed by atoms with E-state index in [1.54, 1.807) is 0 Å². The number of nitrogens with zero attached hydrogens (tertiary/aromatic N) is 2. The lowest BCUT2D eigenvalue weighted by Gasteiger charge is -1.93. The molecule has 0 spiro atoms. The van der Waals surface area contributed by atoms with Gasteiger partial charge in [0.05, 0.1) is 7.11 Å². The van der Waals surface area contributed by atoms with Gasteiger partial charge in [-0.15, -0.1) is 0 Å². The number of nitrogens with one attached hydrogen (secondary N) is 1. The van der Waals surface area contributed by atoms with E-state index >= 15 is 0 Å². The first kappa shape index (κ1) is 9.65. The molecule has 0 radical (unpaired) electrons. The van der Waals surface area contributed by atoms with Gasteiger partial charge in [-0.3, -0.25) is 0 Å². The molecule has 7 nitrogen and oxygen atoms in total. The minimum atomic E-state index is -0.853. The van der Waals surface area contributed by atoms with E-state index in [0.29, 0.717) is 0 Å². The topological polar surface area (TPSA) is 98.1 Å². The second-order valence-corrected chi connectivity index (χ2v) is 2.72. The maximum absolute atomic E-state index is 10.9. The standard InChI is InChI=1S/C5H4BrN3O4/c1-13-4(10)2-3(9(11)12)8-5(6)7-2/h1H3,(H,7,8). The Morgan fingerprint density at radius 2 is 2.38 bits per heavy atom. The van der Waals surface area contributed by atoms with Crippen molar-refractivity contribution in [1.82, 2.24) is 9.97 Å². The molecule has 0 unspecified atom stereocenters. The van der Waals surface area contributed by atoms with E-state index in [1.807, 2.05) is 0 Å². The van der Waals surface area contributed by atoms with Gasteiger partial charge in [-0.1, -0.05) is 0 Å². The molecular weight excluding hydrogens is 246 g/mol. The zero-order chi connectivity index (χ0) is 10.0. The third kappa shape index (κ3) is 1.83. The summed E-state index contributed by atoms with van der Waals surface area (Å²) in [4.78, 5) is 26.3. The highest BCUT2D eigenvalue weighted by atomic mass is 79.9. The van der Waals surface area contributed by atoms with E-state index < -0.39 is 16.7 Å². The highest BCUT2D eigenvalue weighted by Crippen LogP contribution is 2.18. The van der Waals surface area contributed by atoms with Crippen LogP contribution in [0.1, 0.15) is 10.5 Å². The number of carbonyl (C=O) groups is 1. The molecule has 0 atom stereocenters. The summed E-state index contributed by atoms with van der Waals surface area (Å²) < 4.78 is 4.40. The van der Waals surface area contributed by atoms with Crippen LogP contribution in [0.2, 0.25) is 0 Å². The molecule has 0 aliphatic rings. The Kier molecular flexibility index (Phi) is 2.61. The van der Waals surface area contributed by atoms with Gasteiger partial charge in [0.2, 0.25) is 5.69 Å². The zero-order valence-corrected chi connectivity index (χ0v) is 7.99. The molecule has 0 saturated heterocycles. The molecule has 0 amide bonds. The quantitative estimate of drug-likeness (QED) is 0.477. The second-order valence-electron chi connectivity index (χ2n) is 1.97. The SMILES string of the molecule is COC(=O)c1nc(Br)[nH]c1[N+](=O)[O-]. The molecule has 1 aromatic heterocycles. The van der Waals surface area contributed by atoms with Crippen molar-refractivity contribution in [3.63, 3.8) is 0 Å². The van der Waals surface area contributed by atoms with Gasteiger partial charge < -0.3 is 14.9 Å². The van der Waals surface area contributed by atoms with Gasteiger partial charge in [-0.2, -0.15) is 4.98 Å². The van der Waals surface area contributed by atoms with Crippen molar-refractivity contribution in [3.05, 3.63) is 20.5 Å². The number of esters is 1. The Bertz CT molecular complexity index is 361. The number of carbonyl (C=O) groups excluding carboxylic acids is 1. The summed E-state index contributed by atoms with van der Waals surface area (Å²) in [6, 6.07) is 0. The van der Waals surface area contributed by atoms with Crippen molar-refractivity contribution in [3.8, 4) is 0 Å². The summed E-state index contributed by atoms with van der Waals surface area (Å²) in [5.41, 5.74) is -0.348. The van der Waals surface area contributed by atoms with Crippen LogP contribution < -0.4 is 0 Å². The van der Waals surface area contributed by atoms with Gasteiger partial charge >= 0.3 is 11.8 Å². The number of nitro groups is 1. The predicted molar refractivity (Wildman–Crippen MR) is 44.3 cm³/mol. The first-order chi connectivity index (χ1) is 6.06. The molecular formula is C5H4BrN3O4. The van der Waals surface area contributed by atoms with Gasteiger partial charge in [-0.25, -0.2) is 9.78 Å². The van der Waals surface area contributed by atoms with Crippen LogP contribution in [0.5, 0.6) is 0 Å². The third-order valence-corrected chi connectivity index (χ3v) is 1.59. The monoisotopic (exact) mass is 249 g/mol. The number of methoxy groups -OCH3 is 1. The lowest BCUT2D eigenvalue weighted by molar-refractivity contribution is -0.389. The van der Waals surface area contributed by atoms with Crippen molar-refractivity contribution in [2.24, 2.45) is 0 Å². The summed E-state index contributed by atoms with van der Waals surface area (Å²) in [7, 11) is 1.12. The summed E-state index contributed by atoms with van der Waals surface area (Å²) >= 11 is 2.87. The van der Waals surface area contributed by atoms with Gasteiger partial charge in [0.25, 0.3) is 4.73 Å². The highest BCUT2D eigenvalue weighted by Gasteiger charge is 2.25. The maximum atomic E-state index is 10.9. The molecule has 0 saturated carbocycles. The van der Waals surface area contributed by atoms with Crippen LogP contribution in [0, 0.1) is 10.1 Å². The summed E-state index contributed by atoms with van der Waals surface area (Å²) in [6.07, 6.45) is 0. The molecule has 0 aromatic carbocycles.